The first-order chi connectivity index (χ1) is 10.2. The second kappa shape index (κ2) is 6.10. The van der Waals surface area contributed by atoms with Gasteiger partial charge in [0.25, 0.3) is 0 Å². The molecular weight excluding hydrogens is 333 g/mol. The van der Waals surface area contributed by atoms with Gasteiger partial charge in [0.1, 0.15) is 5.82 Å². The summed E-state index contributed by atoms with van der Waals surface area (Å²) in [4.78, 5) is 0. The van der Waals surface area contributed by atoms with Crippen LogP contribution in [0, 0.1) is 5.82 Å². The van der Waals surface area contributed by atoms with Crippen molar-refractivity contribution in [1.29, 1.82) is 0 Å². The molecule has 0 aliphatic carbocycles. The van der Waals surface area contributed by atoms with Crippen LogP contribution in [0.2, 0.25) is 0 Å². The first-order valence-corrected chi connectivity index (χ1v) is 7.30. The molecule has 0 amide bonds. The number of halogens is 2. The smallest absolute Gasteiger partial charge is 0.147 e. The van der Waals surface area contributed by atoms with Crippen molar-refractivity contribution in [2.75, 3.05) is 5.32 Å². The minimum absolute atomic E-state index is 0.278. The topological polar surface area (TPSA) is 29.9 Å². The van der Waals surface area contributed by atoms with Crippen LogP contribution in [-0.2, 0) is 6.54 Å². The standard InChI is InChI=1S/C16H13BrFN3/c17-14-7-4-8-15(18)16(14)19-9-12-10-20-21(11-12)13-5-2-1-3-6-13/h1-8,10-11,19H,9H2. The van der Waals surface area contributed by atoms with Crippen molar-refractivity contribution in [1.82, 2.24) is 9.78 Å². The molecule has 2 aromatic carbocycles. The Balaban J connectivity index is 1.74. The fraction of sp³-hybridized carbons (Fsp3) is 0.0625. The molecule has 1 N–H and O–H groups in total. The number of nitrogens with zero attached hydrogens (tertiary/aromatic N) is 2. The molecule has 5 heteroatoms. The van der Waals surface area contributed by atoms with Crippen molar-refractivity contribution in [2.24, 2.45) is 0 Å². The highest BCUT2D eigenvalue weighted by atomic mass is 79.9. The number of hydrogen-bond acceptors (Lipinski definition) is 2. The molecule has 0 saturated carbocycles. The fourth-order valence-corrected chi connectivity index (χ4v) is 2.51. The molecule has 1 aromatic heterocycles. The average molecular weight is 346 g/mol. The highest BCUT2D eigenvalue weighted by Crippen LogP contribution is 2.25. The summed E-state index contributed by atoms with van der Waals surface area (Å²) in [5.41, 5.74) is 2.44. The van der Waals surface area contributed by atoms with Gasteiger partial charge in [-0.05, 0) is 40.2 Å². The summed E-state index contributed by atoms with van der Waals surface area (Å²) >= 11 is 3.34. The maximum atomic E-state index is 13.7. The predicted molar refractivity (Wildman–Crippen MR) is 85.0 cm³/mol. The molecule has 3 rings (SSSR count). The maximum Gasteiger partial charge on any atom is 0.147 e. The molecule has 1 heterocycles. The van der Waals surface area contributed by atoms with Gasteiger partial charge in [0.15, 0.2) is 0 Å². The van der Waals surface area contributed by atoms with Crippen molar-refractivity contribution in [2.45, 2.75) is 6.54 Å². The lowest BCUT2D eigenvalue weighted by atomic mass is 10.3. The SMILES string of the molecule is Fc1cccc(Br)c1NCc1cnn(-c2ccccc2)c1. The van der Waals surface area contributed by atoms with Gasteiger partial charge in [-0.2, -0.15) is 5.10 Å². The van der Waals surface area contributed by atoms with Crippen LogP contribution in [0.5, 0.6) is 0 Å². The zero-order chi connectivity index (χ0) is 14.7. The number of para-hydroxylation sites is 2. The number of nitrogens with one attached hydrogen (secondary N) is 1. The maximum absolute atomic E-state index is 13.7. The molecule has 0 spiro atoms. The summed E-state index contributed by atoms with van der Waals surface area (Å²) < 4.78 is 16.2. The van der Waals surface area contributed by atoms with Gasteiger partial charge < -0.3 is 5.32 Å². The van der Waals surface area contributed by atoms with Crippen LogP contribution < -0.4 is 5.32 Å². The minimum Gasteiger partial charge on any atom is -0.378 e. The number of aromatic nitrogens is 2. The Bertz CT molecular complexity index is 720. The minimum atomic E-state index is -0.278. The van der Waals surface area contributed by atoms with Gasteiger partial charge in [-0.15, -0.1) is 0 Å². The van der Waals surface area contributed by atoms with Crippen molar-refractivity contribution in [3.05, 3.63) is 76.8 Å². The van der Waals surface area contributed by atoms with Gasteiger partial charge in [-0.3, -0.25) is 0 Å². The zero-order valence-corrected chi connectivity index (χ0v) is 12.7. The Labute approximate surface area is 130 Å². The van der Waals surface area contributed by atoms with Crippen LogP contribution in [0.4, 0.5) is 10.1 Å². The molecule has 0 aliphatic rings. The number of rotatable bonds is 4. The Kier molecular flexibility index (Phi) is 4.01. The summed E-state index contributed by atoms with van der Waals surface area (Å²) in [6.45, 7) is 0.506. The number of benzene rings is 2. The Hall–Kier alpha value is -2.14. The van der Waals surface area contributed by atoms with Gasteiger partial charge >= 0.3 is 0 Å². The van der Waals surface area contributed by atoms with E-state index in [1.807, 2.05) is 36.5 Å². The van der Waals surface area contributed by atoms with E-state index in [-0.39, 0.29) is 5.82 Å². The Morgan fingerprint density at radius 1 is 1.10 bits per heavy atom. The molecule has 0 atom stereocenters. The Morgan fingerprint density at radius 3 is 2.67 bits per heavy atom. The molecule has 0 unspecified atom stereocenters. The average Bonchev–Trinajstić information content (AvgIpc) is 2.97. The quantitative estimate of drug-likeness (QED) is 0.760. The van der Waals surface area contributed by atoms with E-state index in [4.69, 9.17) is 0 Å². The lowest BCUT2D eigenvalue weighted by molar-refractivity contribution is 0.629. The van der Waals surface area contributed by atoms with E-state index in [2.05, 4.69) is 26.3 Å². The lowest BCUT2D eigenvalue weighted by Gasteiger charge is -2.08. The lowest BCUT2D eigenvalue weighted by Crippen LogP contribution is -2.01. The van der Waals surface area contributed by atoms with Crippen LogP contribution in [0.3, 0.4) is 0 Å². The molecule has 0 bridgehead atoms. The summed E-state index contributed by atoms with van der Waals surface area (Å²) in [6, 6.07) is 14.8. The third-order valence-electron chi connectivity index (χ3n) is 3.09. The van der Waals surface area contributed by atoms with Crippen LogP contribution in [0.25, 0.3) is 5.69 Å². The molecule has 106 valence electrons. The van der Waals surface area contributed by atoms with Crippen molar-refractivity contribution in [3.63, 3.8) is 0 Å². The highest BCUT2D eigenvalue weighted by molar-refractivity contribution is 9.10. The van der Waals surface area contributed by atoms with Gasteiger partial charge in [0.2, 0.25) is 0 Å². The highest BCUT2D eigenvalue weighted by Gasteiger charge is 2.07. The monoisotopic (exact) mass is 345 g/mol. The van der Waals surface area contributed by atoms with Crippen LogP contribution >= 0.6 is 15.9 Å². The van der Waals surface area contributed by atoms with E-state index in [0.29, 0.717) is 16.7 Å². The first-order valence-electron chi connectivity index (χ1n) is 6.51. The summed E-state index contributed by atoms with van der Waals surface area (Å²) in [7, 11) is 0. The van der Waals surface area contributed by atoms with E-state index in [1.54, 1.807) is 23.0 Å². The number of hydrogen-bond donors (Lipinski definition) is 1. The Morgan fingerprint density at radius 2 is 1.90 bits per heavy atom. The van der Waals surface area contributed by atoms with Crippen LogP contribution in [-0.4, -0.2) is 9.78 Å². The van der Waals surface area contributed by atoms with Gasteiger partial charge in [0.05, 0.1) is 17.6 Å². The van der Waals surface area contributed by atoms with E-state index >= 15 is 0 Å². The van der Waals surface area contributed by atoms with E-state index < -0.39 is 0 Å². The molecule has 0 saturated heterocycles. The molecule has 3 nitrogen and oxygen atoms in total. The second-order valence-electron chi connectivity index (χ2n) is 4.58. The van der Waals surface area contributed by atoms with Crippen molar-refractivity contribution in [3.8, 4) is 5.69 Å². The van der Waals surface area contributed by atoms with E-state index in [9.17, 15) is 4.39 Å². The zero-order valence-electron chi connectivity index (χ0n) is 11.1. The molecule has 21 heavy (non-hydrogen) atoms. The third kappa shape index (κ3) is 3.13. The molecule has 0 fully saturated rings. The first kappa shape index (κ1) is 13.8. The van der Waals surface area contributed by atoms with Gasteiger partial charge in [-0.25, -0.2) is 9.07 Å². The summed E-state index contributed by atoms with van der Waals surface area (Å²) in [5.74, 6) is -0.278. The van der Waals surface area contributed by atoms with Gasteiger partial charge in [0, 0.05) is 22.8 Å². The summed E-state index contributed by atoms with van der Waals surface area (Å²) in [6.07, 6.45) is 3.70. The van der Waals surface area contributed by atoms with Crippen LogP contribution in [0.15, 0.2) is 65.4 Å². The number of anilines is 1. The van der Waals surface area contributed by atoms with E-state index in [0.717, 1.165) is 11.3 Å². The van der Waals surface area contributed by atoms with Crippen LogP contribution in [0.1, 0.15) is 5.56 Å². The van der Waals surface area contributed by atoms with Crippen molar-refractivity contribution < 1.29 is 4.39 Å². The molecule has 3 aromatic rings. The second-order valence-corrected chi connectivity index (χ2v) is 5.43. The molecular formula is C16H13BrFN3. The van der Waals surface area contributed by atoms with E-state index in [1.165, 1.54) is 6.07 Å². The van der Waals surface area contributed by atoms with Crippen molar-refractivity contribution >= 4 is 21.6 Å². The largest absolute Gasteiger partial charge is 0.378 e. The normalized spacial score (nSPS) is 10.6. The fourth-order valence-electron chi connectivity index (χ4n) is 2.03. The predicted octanol–water partition coefficient (Wildman–Crippen LogP) is 4.39. The third-order valence-corrected chi connectivity index (χ3v) is 3.75. The summed E-state index contributed by atoms with van der Waals surface area (Å²) in [5, 5.41) is 7.40. The molecule has 0 radical (unpaired) electrons. The molecule has 0 aliphatic heterocycles. The van der Waals surface area contributed by atoms with Gasteiger partial charge in [-0.1, -0.05) is 24.3 Å².